The van der Waals surface area contributed by atoms with Crippen LogP contribution in [-0.2, 0) is 0 Å². The first-order chi connectivity index (χ1) is 12.2. The Hall–Kier alpha value is -1.65. The summed E-state index contributed by atoms with van der Waals surface area (Å²) in [6.45, 7) is 12.5. The van der Waals surface area contributed by atoms with Crippen LogP contribution in [0.4, 0.5) is 0 Å². The predicted octanol–water partition coefficient (Wildman–Crippen LogP) is 5.90. The molecular formula is C22H32N2OSi. The Bertz CT molecular complexity index is 749. The predicted molar refractivity (Wildman–Crippen MR) is 112 cm³/mol. The Morgan fingerprint density at radius 1 is 1.08 bits per heavy atom. The van der Waals surface area contributed by atoms with Crippen molar-refractivity contribution in [1.82, 2.24) is 9.88 Å². The average Bonchev–Trinajstić information content (AvgIpc) is 3.00. The summed E-state index contributed by atoms with van der Waals surface area (Å²) in [6, 6.07) is 11.3. The standard InChI is InChI=1S/C22H32N2OSi/c1-22(2,3)26(5,6)25-20-11-9-17(10-12-20)18-14-19(16-23-15-18)21-8-7-13-24(21)4/h9-12,14-16,21H,7-8,13H2,1-6H3/t21-/m1/s1. The lowest BCUT2D eigenvalue weighted by molar-refractivity contribution is 0.317. The van der Waals surface area contributed by atoms with Crippen molar-refractivity contribution in [3.05, 3.63) is 48.3 Å². The zero-order valence-electron chi connectivity index (χ0n) is 17.0. The third kappa shape index (κ3) is 4.02. The third-order valence-corrected chi connectivity index (χ3v) is 10.4. The minimum absolute atomic E-state index is 0.206. The molecule has 4 heteroatoms. The van der Waals surface area contributed by atoms with Gasteiger partial charge >= 0.3 is 0 Å². The van der Waals surface area contributed by atoms with Crippen LogP contribution in [0.15, 0.2) is 42.7 Å². The van der Waals surface area contributed by atoms with Gasteiger partial charge < -0.3 is 4.43 Å². The molecule has 1 aromatic carbocycles. The third-order valence-electron chi connectivity index (χ3n) is 6.03. The van der Waals surface area contributed by atoms with Gasteiger partial charge in [0.1, 0.15) is 5.75 Å². The maximum absolute atomic E-state index is 6.39. The number of hydrogen-bond acceptors (Lipinski definition) is 3. The van der Waals surface area contributed by atoms with Crippen LogP contribution in [0.5, 0.6) is 5.75 Å². The van der Waals surface area contributed by atoms with Crippen molar-refractivity contribution < 1.29 is 4.43 Å². The molecule has 1 aromatic heterocycles. The van der Waals surface area contributed by atoms with Crippen molar-refractivity contribution in [2.45, 2.75) is 57.8 Å². The molecule has 0 radical (unpaired) electrons. The first kappa shape index (κ1) is 19.1. The first-order valence-corrected chi connectivity index (χ1v) is 12.5. The molecule has 3 rings (SSSR count). The van der Waals surface area contributed by atoms with E-state index in [-0.39, 0.29) is 5.04 Å². The van der Waals surface area contributed by atoms with Crippen LogP contribution >= 0.6 is 0 Å². The number of benzene rings is 1. The lowest BCUT2D eigenvalue weighted by atomic mass is 10.0. The molecular weight excluding hydrogens is 336 g/mol. The van der Waals surface area contributed by atoms with E-state index in [2.05, 4.69) is 81.1 Å². The van der Waals surface area contributed by atoms with Crippen LogP contribution in [0.3, 0.4) is 0 Å². The summed E-state index contributed by atoms with van der Waals surface area (Å²) in [7, 11) is 0.411. The Labute approximate surface area is 159 Å². The zero-order chi connectivity index (χ0) is 18.9. The fourth-order valence-corrected chi connectivity index (χ4v) is 4.32. The molecule has 0 saturated carbocycles. The van der Waals surface area contributed by atoms with Gasteiger partial charge in [0, 0.05) is 24.0 Å². The maximum Gasteiger partial charge on any atom is 0.250 e. The second-order valence-corrected chi connectivity index (χ2v) is 13.8. The highest BCUT2D eigenvalue weighted by molar-refractivity contribution is 6.74. The van der Waals surface area contributed by atoms with Gasteiger partial charge in [-0.2, -0.15) is 0 Å². The number of hydrogen-bond donors (Lipinski definition) is 0. The van der Waals surface area contributed by atoms with E-state index in [4.69, 9.17) is 4.43 Å². The molecule has 2 heterocycles. The number of rotatable bonds is 4. The molecule has 3 nitrogen and oxygen atoms in total. The molecule has 1 fully saturated rings. The highest BCUT2D eigenvalue weighted by Crippen LogP contribution is 2.38. The van der Waals surface area contributed by atoms with Gasteiger partial charge in [0.25, 0.3) is 0 Å². The largest absolute Gasteiger partial charge is 0.544 e. The molecule has 26 heavy (non-hydrogen) atoms. The number of pyridine rings is 1. The van der Waals surface area contributed by atoms with Crippen LogP contribution in [0.25, 0.3) is 11.1 Å². The molecule has 140 valence electrons. The van der Waals surface area contributed by atoms with Crippen molar-refractivity contribution in [1.29, 1.82) is 0 Å². The van der Waals surface area contributed by atoms with Crippen LogP contribution in [0.2, 0.25) is 18.1 Å². The molecule has 0 bridgehead atoms. The van der Waals surface area contributed by atoms with Crippen LogP contribution in [0.1, 0.15) is 45.2 Å². The van der Waals surface area contributed by atoms with Gasteiger partial charge in [-0.3, -0.25) is 9.88 Å². The van der Waals surface area contributed by atoms with Crippen LogP contribution in [-0.4, -0.2) is 31.8 Å². The van der Waals surface area contributed by atoms with Gasteiger partial charge in [-0.1, -0.05) is 32.9 Å². The summed E-state index contributed by atoms with van der Waals surface area (Å²) in [6.07, 6.45) is 6.47. The normalized spacial score (nSPS) is 18.9. The number of nitrogens with zero attached hydrogens (tertiary/aromatic N) is 2. The van der Waals surface area contributed by atoms with E-state index in [0.717, 1.165) is 5.75 Å². The molecule has 1 aliphatic rings. The Kier molecular flexibility index (Phi) is 5.27. The SMILES string of the molecule is CN1CCC[C@@H]1c1cncc(-c2ccc(O[Si](C)(C)C(C)(C)C)cc2)c1. The lowest BCUT2D eigenvalue weighted by Gasteiger charge is -2.36. The van der Waals surface area contributed by atoms with Crippen LogP contribution < -0.4 is 4.43 Å². The van der Waals surface area contributed by atoms with Crippen LogP contribution in [0, 0.1) is 0 Å². The summed E-state index contributed by atoms with van der Waals surface area (Å²) in [5.74, 6) is 0.972. The molecule has 0 spiro atoms. The number of likely N-dealkylation sites (tertiary alicyclic amines) is 1. The molecule has 1 aliphatic heterocycles. The Morgan fingerprint density at radius 2 is 1.77 bits per heavy atom. The lowest BCUT2D eigenvalue weighted by Crippen LogP contribution is -2.43. The van der Waals surface area contributed by atoms with Crippen molar-refractivity contribution in [2.75, 3.05) is 13.6 Å². The van der Waals surface area contributed by atoms with Gasteiger partial charge in [-0.25, -0.2) is 0 Å². The summed E-state index contributed by atoms with van der Waals surface area (Å²) < 4.78 is 6.39. The van der Waals surface area contributed by atoms with Crippen molar-refractivity contribution in [2.24, 2.45) is 0 Å². The topological polar surface area (TPSA) is 25.4 Å². The Balaban J connectivity index is 1.79. The second kappa shape index (κ2) is 7.16. The second-order valence-electron chi connectivity index (χ2n) is 9.03. The van der Waals surface area contributed by atoms with Gasteiger partial charge in [0.05, 0.1) is 0 Å². The smallest absolute Gasteiger partial charge is 0.250 e. The zero-order valence-corrected chi connectivity index (χ0v) is 18.0. The van der Waals surface area contributed by atoms with Crippen molar-refractivity contribution >= 4 is 8.32 Å². The van der Waals surface area contributed by atoms with E-state index in [0.29, 0.717) is 6.04 Å². The molecule has 0 amide bonds. The van der Waals surface area contributed by atoms with Gasteiger partial charge in [0.15, 0.2) is 0 Å². The maximum atomic E-state index is 6.39. The summed E-state index contributed by atoms with van der Waals surface area (Å²) in [4.78, 5) is 6.93. The summed E-state index contributed by atoms with van der Waals surface area (Å²) in [5, 5.41) is 0.206. The molecule has 1 atom stereocenters. The molecule has 0 N–H and O–H groups in total. The van der Waals surface area contributed by atoms with Crippen molar-refractivity contribution in [3.63, 3.8) is 0 Å². The van der Waals surface area contributed by atoms with E-state index in [1.54, 1.807) is 0 Å². The first-order valence-electron chi connectivity index (χ1n) is 9.62. The summed E-state index contributed by atoms with van der Waals surface area (Å²) in [5.41, 5.74) is 3.70. The van der Waals surface area contributed by atoms with Gasteiger partial charge in [0.2, 0.25) is 8.32 Å². The fourth-order valence-electron chi connectivity index (χ4n) is 3.29. The average molecular weight is 369 g/mol. The van der Waals surface area contributed by atoms with Gasteiger partial charge in [-0.05, 0) is 73.9 Å². The molecule has 0 aliphatic carbocycles. The highest BCUT2D eigenvalue weighted by atomic mass is 28.4. The number of aromatic nitrogens is 1. The monoisotopic (exact) mass is 368 g/mol. The van der Waals surface area contributed by atoms with E-state index < -0.39 is 8.32 Å². The van der Waals surface area contributed by atoms with E-state index in [1.807, 2.05) is 12.4 Å². The van der Waals surface area contributed by atoms with E-state index >= 15 is 0 Å². The minimum atomic E-state index is -1.79. The quantitative estimate of drug-likeness (QED) is 0.628. The van der Waals surface area contributed by atoms with E-state index in [9.17, 15) is 0 Å². The Morgan fingerprint density at radius 3 is 2.35 bits per heavy atom. The van der Waals surface area contributed by atoms with Gasteiger partial charge in [-0.15, -0.1) is 0 Å². The minimum Gasteiger partial charge on any atom is -0.544 e. The molecule has 2 aromatic rings. The molecule has 1 saturated heterocycles. The fraction of sp³-hybridized carbons (Fsp3) is 0.500. The van der Waals surface area contributed by atoms with E-state index in [1.165, 1.54) is 36.1 Å². The summed E-state index contributed by atoms with van der Waals surface area (Å²) >= 11 is 0. The molecule has 0 unspecified atom stereocenters. The van der Waals surface area contributed by atoms with Crippen molar-refractivity contribution in [3.8, 4) is 16.9 Å². The highest BCUT2D eigenvalue weighted by Gasteiger charge is 2.38.